The van der Waals surface area contributed by atoms with Gasteiger partial charge in [0.15, 0.2) is 0 Å². The molecule has 0 aliphatic heterocycles. The maximum Gasteiger partial charge on any atom is 0.211 e. The molecule has 1 atom stereocenters. The van der Waals surface area contributed by atoms with E-state index in [-0.39, 0.29) is 17.7 Å². The van der Waals surface area contributed by atoms with Crippen molar-refractivity contribution in [2.24, 2.45) is 5.92 Å². The zero-order valence-corrected chi connectivity index (χ0v) is 9.95. The quantitative estimate of drug-likeness (QED) is 0.701. The minimum absolute atomic E-state index is 0.0394. The average Bonchev–Trinajstić information content (AvgIpc) is 2.03. The second-order valence-corrected chi connectivity index (χ2v) is 5.77. The van der Waals surface area contributed by atoms with Gasteiger partial charge in [0.05, 0.1) is 5.75 Å². The van der Waals surface area contributed by atoms with E-state index >= 15 is 0 Å². The van der Waals surface area contributed by atoms with Gasteiger partial charge < -0.3 is 0 Å². The van der Waals surface area contributed by atoms with Crippen LogP contribution in [0.25, 0.3) is 0 Å². The minimum atomic E-state index is -3.09. The Morgan fingerprint density at radius 1 is 1.38 bits per heavy atom. The highest BCUT2D eigenvalue weighted by molar-refractivity contribution is 7.89. The minimum Gasteiger partial charge on any atom is -0.212 e. The Balaban J connectivity index is 4.26. The SMILES string of the molecule is CCS(=O)(=O)NC(CCCl)C(C)C. The molecule has 0 amide bonds. The van der Waals surface area contributed by atoms with Crippen LogP contribution in [0.1, 0.15) is 27.2 Å². The van der Waals surface area contributed by atoms with Crippen LogP contribution in [-0.4, -0.2) is 26.1 Å². The van der Waals surface area contributed by atoms with Crippen molar-refractivity contribution in [1.29, 1.82) is 0 Å². The first-order valence-corrected chi connectivity index (χ1v) is 6.67. The van der Waals surface area contributed by atoms with Gasteiger partial charge in [0, 0.05) is 11.9 Å². The highest BCUT2D eigenvalue weighted by Crippen LogP contribution is 2.08. The zero-order chi connectivity index (χ0) is 10.5. The number of halogens is 1. The lowest BCUT2D eigenvalue weighted by atomic mass is 10.0. The van der Waals surface area contributed by atoms with E-state index in [4.69, 9.17) is 11.6 Å². The Morgan fingerprint density at radius 3 is 2.23 bits per heavy atom. The molecule has 80 valence electrons. The van der Waals surface area contributed by atoms with Gasteiger partial charge in [0.2, 0.25) is 10.0 Å². The van der Waals surface area contributed by atoms with Crippen LogP contribution in [0.3, 0.4) is 0 Å². The number of nitrogens with one attached hydrogen (secondary N) is 1. The first-order valence-electron chi connectivity index (χ1n) is 4.49. The molecule has 0 radical (unpaired) electrons. The molecule has 1 N–H and O–H groups in total. The standard InChI is InChI=1S/C8H18ClNO2S/c1-4-13(11,12)10-8(5-6-9)7(2)3/h7-8,10H,4-6H2,1-3H3. The highest BCUT2D eigenvalue weighted by atomic mass is 35.5. The van der Waals surface area contributed by atoms with Gasteiger partial charge in [-0.1, -0.05) is 13.8 Å². The van der Waals surface area contributed by atoms with Crippen LogP contribution >= 0.6 is 11.6 Å². The average molecular weight is 228 g/mol. The third-order valence-electron chi connectivity index (χ3n) is 1.94. The van der Waals surface area contributed by atoms with Crippen molar-refractivity contribution < 1.29 is 8.42 Å². The number of hydrogen-bond donors (Lipinski definition) is 1. The van der Waals surface area contributed by atoms with E-state index in [9.17, 15) is 8.42 Å². The molecule has 1 unspecified atom stereocenters. The predicted molar refractivity (Wildman–Crippen MR) is 56.6 cm³/mol. The van der Waals surface area contributed by atoms with Gasteiger partial charge in [-0.05, 0) is 19.3 Å². The topological polar surface area (TPSA) is 46.2 Å². The third kappa shape index (κ3) is 5.49. The van der Waals surface area contributed by atoms with Crippen LogP contribution in [-0.2, 0) is 10.0 Å². The van der Waals surface area contributed by atoms with E-state index in [1.807, 2.05) is 13.8 Å². The molecule has 0 aromatic carbocycles. The summed E-state index contributed by atoms with van der Waals surface area (Å²) in [6.07, 6.45) is 0.679. The monoisotopic (exact) mass is 227 g/mol. The first-order chi connectivity index (χ1) is 5.93. The Labute approximate surface area is 85.9 Å². The summed E-state index contributed by atoms with van der Waals surface area (Å²) in [7, 11) is -3.09. The normalized spacial score (nSPS) is 14.8. The fraction of sp³-hybridized carbons (Fsp3) is 1.00. The van der Waals surface area contributed by atoms with E-state index in [0.717, 1.165) is 0 Å². The number of sulfonamides is 1. The molecule has 0 spiro atoms. The fourth-order valence-electron chi connectivity index (χ4n) is 0.960. The smallest absolute Gasteiger partial charge is 0.211 e. The van der Waals surface area contributed by atoms with Gasteiger partial charge in [-0.25, -0.2) is 13.1 Å². The molecule has 0 bridgehead atoms. The molecule has 13 heavy (non-hydrogen) atoms. The largest absolute Gasteiger partial charge is 0.212 e. The predicted octanol–water partition coefficient (Wildman–Crippen LogP) is 1.58. The summed E-state index contributed by atoms with van der Waals surface area (Å²) >= 11 is 5.58. The molecule has 0 aliphatic carbocycles. The van der Waals surface area contributed by atoms with Crippen molar-refractivity contribution in [3.63, 3.8) is 0 Å². The number of rotatable bonds is 6. The van der Waals surface area contributed by atoms with E-state index in [1.165, 1.54) is 0 Å². The summed E-state index contributed by atoms with van der Waals surface area (Å²) < 4.78 is 25.1. The van der Waals surface area contributed by atoms with E-state index < -0.39 is 10.0 Å². The molecular formula is C8H18ClNO2S. The molecule has 0 aromatic heterocycles. The lowest BCUT2D eigenvalue weighted by Crippen LogP contribution is -2.39. The van der Waals surface area contributed by atoms with Crippen LogP contribution in [0.4, 0.5) is 0 Å². The summed E-state index contributed by atoms with van der Waals surface area (Å²) in [5.41, 5.74) is 0. The summed E-state index contributed by atoms with van der Waals surface area (Å²) in [6, 6.07) is -0.0394. The molecule has 0 fully saturated rings. The van der Waals surface area contributed by atoms with E-state index in [0.29, 0.717) is 12.3 Å². The summed E-state index contributed by atoms with van der Waals surface area (Å²) in [4.78, 5) is 0. The molecule has 0 aliphatic rings. The fourth-order valence-corrected chi connectivity index (χ4v) is 2.21. The molecule has 3 nitrogen and oxygen atoms in total. The van der Waals surface area contributed by atoms with Crippen molar-refractivity contribution in [2.45, 2.75) is 33.2 Å². The van der Waals surface area contributed by atoms with Crippen LogP contribution in [0.5, 0.6) is 0 Å². The van der Waals surface area contributed by atoms with Crippen LogP contribution in [0.15, 0.2) is 0 Å². The van der Waals surface area contributed by atoms with E-state index in [1.54, 1.807) is 6.92 Å². The van der Waals surface area contributed by atoms with Gasteiger partial charge >= 0.3 is 0 Å². The van der Waals surface area contributed by atoms with Crippen molar-refractivity contribution in [3.05, 3.63) is 0 Å². The van der Waals surface area contributed by atoms with E-state index in [2.05, 4.69) is 4.72 Å². The zero-order valence-electron chi connectivity index (χ0n) is 8.38. The molecule has 0 saturated carbocycles. The molecule has 0 saturated heterocycles. The maximum atomic E-state index is 11.2. The van der Waals surface area contributed by atoms with Gasteiger partial charge in [-0.2, -0.15) is 0 Å². The Kier molecular flexibility index (Phi) is 5.92. The van der Waals surface area contributed by atoms with Crippen LogP contribution < -0.4 is 4.72 Å². The Hall–Kier alpha value is 0.200. The lowest BCUT2D eigenvalue weighted by molar-refractivity contribution is 0.439. The number of hydrogen-bond acceptors (Lipinski definition) is 2. The molecule has 0 rings (SSSR count). The summed E-state index contributed by atoms with van der Waals surface area (Å²) in [5.74, 6) is 0.883. The lowest BCUT2D eigenvalue weighted by Gasteiger charge is -2.20. The van der Waals surface area contributed by atoms with Gasteiger partial charge in [0.1, 0.15) is 0 Å². The molecule has 5 heteroatoms. The Morgan fingerprint density at radius 2 is 1.92 bits per heavy atom. The summed E-state index contributed by atoms with van der Waals surface area (Å²) in [5, 5.41) is 0. The van der Waals surface area contributed by atoms with Crippen molar-refractivity contribution in [2.75, 3.05) is 11.6 Å². The van der Waals surface area contributed by atoms with Gasteiger partial charge in [-0.3, -0.25) is 0 Å². The number of alkyl halides is 1. The van der Waals surface area contributed by atoms with Crippen LogP contribution in [0, 0.1) is 5.92 Å². The molecule has 0 aromatic rings. The van der Waals surface area contributed by atoms with Crippen molar-refractivity contribution in [3.8, 4) is 0 Å². The Bertz CT molecular complexity index is 226. The van der Waals surface area contributed by atoms with Gasteiger partial charge in [-0.15, -0.1) is 11.6 Å². The molecule has 0 heterocycles. The van der Waals surface area contributed by atoms with Crippen molar-refractivity contribution >= 4 is 21.6 Å². The maximum absolute atomic E-state index is 11.2. The van der Waals surface area contributed by atoms with Gasteiger partial charge in [0.25, 0.3) is 0 Å². The first kappa shape index (κ1) is 13.2. The summed E-state index contributed by atoms with van der Waals surface area (Å²) in [6.45, 7) is 5.59. The second kappa shape index (κ2) is 5.83. The molecular weight excluding hydrogens is 210 g/mol. The van der Waals surface area contributed by atoms with Crippen molar-refractivity contribution in [1.82, 2.24) is 4.72 Å². The van der Waals surface area contributed by atoms with Crippen LogP contribution in [0.2, 0.25) is 0 Å². The third-order valence-corrected chi connectivity index (χ3v) is 3.58. The second-order valence-electron chi connectivity index (χ2n) is 3.35. The highest BCUT2D eigenvalue weighted by Gasteiger charge is 2.18.